The van der Waals surface area contributed by atoms with Crippen molar-refractivity contribution >= 4 is 10.0 Å². The third kappa shape index (κ3) is 3.30. The normalized spacial score (nSPS) is 19.7. The van der Waals surface area contributed by atoms with Gasteiger partial charge >= 0.3 is 0 Å². The molecular formula is C14H21NO5S. The molecule has 1 aliphatic rings. The van der Waals surface area contributed by atoms with E-state index in [9.17, 15) is 8.42 Å². The summed E-state index contributed by atoms with van der Waals surface area (Å²) in [4.78, 5) is 0.199. The summed E-state index contributed by atoms with van der Waals surface area (Å²) in [6, 6.07) is 4.59. The highest BCUT2D eigenvalue weighted by molar-refractivity contribution is 7.89. The molecule has 0 aromatic heterocycles. The van der Waals surface area contributed by atoms with Crippen molar-refractivity contribution in [3.8, 4) is 11.5 Å². The van der Waals surface area contributed by atoms with Gasteiger partial charge in [0.2, 0.25) is 10.0 Å². The fourth-order valence-corrected chi connectivity index (χ4v) is 4.11. The number of aliphatic hydroxyl groups is 1. The maximum Gasteiger partial charge on any atom is 0.243 e. The van der Waals surface area contributed by atoms with Gasteiger partial charge in [0, 0.05) is 25.8 Å². The van der Waals surface area contributed by atoms with E-state index in [-0.39, 0.29) is 17.4 Å². The van der Waals surface area contributed by atoms with E-state index in [1.807, 2.05) is 0 Å². The first kappa shape index (κ1) is 16.1. The zero-order chi connectivity index (χ0) is 15.5. The van der Waals surface area contributed by atoms with E-state index in [4.69, 9.17) is 14.6 Å². The zero-order valence-corrected chi connectivity index (χ0v) is 13.1. The van der Waals surface area contributed by atoms with Gasteiger partial charge in [-0.3, -0.25) is 0 Å². The number of hydrogen-bond donors (Lipinski definition) is 1. The lowest BCUT2D eigenvalue weighted by Gasteiger charge is -2.17. The molecule has 1 heterocycles. The SMILES string of the molecule is COc1ccc(S(=O)(=O)N2CCC(CCO)C2)cc1OC. The highest BCUT2D eigenvalue weighted by atomic mass is 32.2. The van der Waals surface area contributed by atoms with Crippen LogP contribution < -0.4 is 9.47 Å². The van der Waals surface area contributed by atoms with Gasteiger partial charge in [-0.1, -0.05) is 0 Å². The van der Waals surface area contributed by atoms with Crippen LogP contribution in [-0.2, 0) is 10.0 Å². The van der Waals surface area contributed by atoms with Crippen molar-refractivity contribution in [2.75, 3.05) is 33.9 Å². The van der Waals surface area contributed by atoms with Crippen molar-refractivity contribution in [1.29, 1.82) is 0 Å². The molecule has 1 aliphatic heterocycles. The molecule has 0 aliphatic carbocycles. The molecule has 1 fully saturated rings. The Morgan fingerprint density at radius 2 is 2.00 bits per heavy atom. The minimum absolute atomic E-state index is 0.0922. The minimum Gasteiger partial charge on any atom is -0.493 e. The molecule has 0 radical (unpaired) electrons. The van der Waals surface area contributed by atoms with Crippen LogP contribution in [0.5, 0.6) is 11.5 Å². The Labute approximate surface area is 125 Å². The van der Waals surface area contributed by atoms with E-state index in [0.717, 1.165) is 6.42 Å². The number of methoxy groups -OCH3 is 2. The molecule has 1 atom stereocenters. The van der Waals surface area contributed by atoms with Crippen LogP contribution in [0.2, 0.25) is 0 Å². The highest BCUT2D eigenvalue weighted by Crippen LogP contribution is 2.32. The third-order valence-electron chi connectivity index (χ3n) is 3.78. The lowest BCUT2D eigenvalue weighted by molar-refractivity contribution is 0.259. The Kier molecular flexibility index (Phi) is 5.08. The van der Waals surface area contributed by atoms with Crippen LogP contribution in [0.15, 0.2) is 23.1 Å². The second-order valence-corrected chi connectivity index (χ2v) is 6.98. The molecule has 1 aromatic rings. The molecule has 0 bridgehead atoms. The Morgan fingerprint density at radius 3 is 2.62 bits per heavy atom. The highest BCUT2D eigenvalue weighted by Gasteiger charge is 2.32. The molecule has 1 aromatic carbocycles. The van der Waals surface area contributed by atoms with Gasteiger partial charge in [0.15, 0.2) is 11.5 Å². The van der Waals surface area contributed by atoms with Gasteiger partial charge in [0.1, 0.15) is 0 Å². The monoisotopic (exact) mass is 315 g/mol. The Morgan fingerprint density at radius 1 is 1.29 bits per heavy atom. The maximum absolute atomic E-state index is 12.6. The van der Waals surface area contributed by atoms with Crippen molar-refractivity contribution < 1.29 is 23.0 Å². The van der Waals surface area contributed by atoms with Gasteiger partial charge in [0.25, 0.3) is 0 Å². The van der Waals surface area contributed by atoms with Gasteiger partial charge in [0.05, 0.1) is 19.1 Å². The molecule has 21 heavy (non-hydrogen) atoms. The summed E-state index contributed by atoms with van der Waals surface area (Å²) < 4.78 is 37.0. The van der Waals surface area contributed by atoms with Crippen LogP contribution in [0.25, 0.3) is 0 Å². The molecule has 0 spiro atoms. The van der Waals surface area contributed by atoms with Gasteiger partial charge in [-0.15, -0.1) is 0 Å². The van der Waals surface area contributed by atoms with E-state index < -0.39 is 10.0 Å². The Hall–Kier alpha value is -1.31. The van der Waals surface area contributed by atoms with Crippen LogP contribution in [0.4, 0.5) is 0 Å². The van der Waals surface area contributed by atoms with Crippen molar-refractivity contribution in [1.82, 2.24) is 4.31 Å². The molecule has 1 saturated heterocycles. The Balaban J connectivity index is 2.24. The quantitative estimate of drug-likeness (QED) is 0.850. The summed E-state index contributed by atoms with van der Waals surface area (Å²) in [7, 11) is -0.552. The average Bonchev–Trinajstić information content (AvgIpc) is 2.96. The van der Waals surface area contributed by atoms with E-state index in [0.29, 0.717) is 31.0 Å². The van der Waals surface area contributed by atoms with Crippen molar-refractivity contribution in [2.45, 2.75) is 17.7 Å². The van der Waals surface area contributed by atoms with E-state index in [1.165, 1.54) is 30.7 Å². The van der Waals surface area contributed by atoms with Gasteiger partial charge in [-0.2, -0.15) is 4.31 Å². The molecule has 0 amide bonds. The molecular weight excluding hydrogens is 294 g/mol. The standard InChI is InChI=1S/C14H21NO5S/c1-19-13-4-3-12(9-14(13)20-2)21(17,18)15-7-5-11(10-15)6-8-16/h3-4,9,11,16H,5-8,10H2,1-2H3. The first-order chi connectivity index (χ1) is 10.0. The predicted octanol–water partition coefficient (Wildman–Crippen LogP) is 1.10. The summed E-state index contributed by atoms with van der Waals surface area (Å²) in [6.45, 7) is 1.04. The van der Waals surface area contributed by atoms with E-state index >= 15 is 0 Å². The number of sulfonamides is 1. The average molecular weight is 315 g/mol. The van der Waals surface area contributed by atoms with Crippen LogP contribution in [0, 0.1) is 5.92 Å². The predicted molar refractivity (Wildman–Crippen MR) is 78.1 cm³/mol. The van der Waals surface area contributed by atoms with E-state index in [1.54, 1.807) is 6.07 Å². The number of rotatable bonds is 6. The second-order valence-electron chi connectivity index (χ2n) is 5.05. The molecule has 7 heteroatoms. The van der Waals surface area contributed by atoms with Gasteiger partial charge < -0.3 is 14.6 Å². The summed E-state index contributed by atoms with van der Waals surface area (Å²) in [5, 5.41) is 8.96. The number of nitrogens with zero attached hydrogens (tertiary/aromatic N) is 1. The molecule has 6 nitrogen and oxygen atoms in total. The van der Waals surface area contributed by atoms with Crippen LogP contribution in [0.3, 0.4) is 0 Å². The largest absolute Gasteiger partial charge is 0.493 e. The minimum atomic E-state index is -3.53. The topological polar surface area (TPSA) is 76.1 Å². The zero-order valence-electron chi connectivity index (χ0n) is 12.3. The lowest BCUT2D eigenvalue weighted by Crippen LogP contribution is -2.29. The first-order valence-corrected chi connectivity index (χ1v) is 8.30. The van der Waals surface area contributed by atoms with Crippen LogP contribution in [0.1, 0.15) is 12.8 Å². The van der Waals surface area contributed by atoms with Crippen molar-refractivity contribution in [3.05, 3.63) is 18.2 Å². The fraction of sp³-hybridized carbons (Fsp3) is 0.571. The third-order valence-corrected chi connectivity index (χ3v) is 5.64. The van der Waals surface area contributed by atoms with Crippen LogP contribution >= 0.6 is 0 Å². The first-order valence-electron chi connectivity index (χ1n) is 6.86. The number of ether oxygens (including phenoxy) is 2. The van der Waals surface area contributed by atoms with Gasteiger partial charge in [-0.25, -0.2) is 8.42 Å². The van der Waals surface area contributed by atoms with Crippen molar-refractivity contribution in [3.63, 3.8) is 0 Å². The summed E-state index contributed by atoms with van der Waals surface area (Å²) in [6.07, 6.45) is 1.42. The lowest BCUT2D eigenvalue weighted by atomic mass is 10.1. The smallest absolute Gasteiger partial charge is 0.243 e. The second kappa shape index (κ2) is 6.64. The number of benzene rings is 1. The van der Waals surface area contributed by atoms with Crippen molar-refractivity contribution in [2.24, 2.45) is 5.92 Å². The fourth-order valence-electron chi connectivity index (χ4n) is 2.56. The molecule has 118 valence electrons. The number of aliphatic hydroxyl groups excluding tert-OH is 1. The molecule has 1 N–H and O–H groups in total. The molecule has 2 rings (SSSR count). The number of hydrogen-bond acceptors (Lipinski definition) is 5. The van der Waals surface area contributed by atoms with Gasteiger partial charge in [-0.05, 0) is 30.9 Å². The Bertz CT molecular complexity index is 587. The summed E-state index contributed by atoms with van der Waals surface area (Å²) in [5.74, 6) is 1.12. The molecule has 1 unspecified atom stereocenters. The maximum atomic E-state index is 12.6. The summed E-state index contributed by atoms with van der Waals surface area (Å²) >= 11 is 0. The summed E-state index contributed by atoms with van der Waals surface area (Å²) in [5.41, 5.74) is 0. The molecule has 0 saturated carbocycles. The van der Waals surface area contributed by atoms with E-state index in [2.05, 4.69) is 0 Å². The van der Waals surface area contributed by atoms with Crippen LogP contribution in [-0.4, -0.2) is 51.7 Å².